The van der Waals surface area contributed by atoms with Gasteiger partial charge in [-0.1, -0.05) is 0 Å². The predicted octanol–water partition coefficient (Wildman–Crippen LogP) is -2.27. The number of carbonyl (C=O) groups is 4. The van der Waals surface area contributed by atoms with Gasteiger partial charge in [-0.2, -0.15) is 0 Å². The summed E-state index contributed by atoms with van der Waals surface area (Å²) in [5.74, 6) is -3.75. The first kappa shape index (κ1) is 18.5. The van der Waals surface area contributed by atoms with Crippen molar-refractivity contribution >= 4 is 41.6 Å². The Morgan fingerprint density at radius 3 is 2.52 bits per heavy atom. The molecule has 0 unspecified atom stereocenters. The number of guanidine groups is 1. The van der Waals surface area contributed by atoms with Crippen molar-refractivity contribution in [3.05, 3.63) is 11.3 Å². The number of hydrogen-bond donors (Lipinski definition) is 5. The Bertz CT molecular complexity index is 709. The van der Waals surface area contributed by atoms with E-state index in [9.17, 15) is 24.3 Å². The number of hydrogen-bond acceptors (Lipinski definition) is 8. The second-order valence-electron chi connectivity index (χ2n) is 5.26. The van der Waals surface area contributed by atoms with Gasteiger partial charge in [0.25, 0.3) is 5.91 Å². The maximum absolute atomic E-state index is 12.5. The topological polar surface area (TPSA) is 206 Å². The fourth-order valence-corrected chi connectivity index (χ4v) is 4.02. The third-order valence-electron chi connectivity index (χ3n) is 3.65. The largest absolute Gasteiger partial charge is 0.477 e. The van der Waals surface area contributed by atoms with Gasteiger partial charge < -0.3 is 21.3 Å². The van der Waals surface area contributed by atoms with Gasteiger partial charge in [-0.05, 0) is 0 Å². The summed E-state index contributed by atoms with van der Waals surface area (Å²) in [4.78, 5) is 47.9. The highest BCUT2D eigenvalue weighted by molar-refractivity contribution is 8.00. The molecule has 0 saturated carbocycles. The number of rotatable bonds is 4. The zero-order valence-corrected chi connectivity index (χ0v) is 13.8. The van der Waals surface area contributed by atoms with Crippen LogP contribution in [0.15, 0.2) is 11.3 Å². The maximum atomic E-state index is 12.5. The Hall–Kier alpha value is -2.80. The highest BCUT2D eigenvalue weighted by atomic mass is 32.2. The number of amides is 3. The first-order chi connectivity index (χ1) is 11.5. The van der Waals surface area contributed by atoms with E-state index in [1.165, 1.54) is 0 Å². The van der Waals surface area contributed by atoms with E-state index in [-0.39, 0.29) is 23.6 Å². The number of esters is 1. The molecule has 8 N–H and O–H groups in total. The van der Waals surface area contributed by atoms with Crippen molar-refractivity contribution in [3.8, 4) is 0 Å². The van der Waals surface area contributed by atoms with Gasteiger partial charge in [-0.15, -0.1) is 11.8 Å². The van der Waals surface area contributed by atoms with Gasteiger partial charge in [0.1, 0.15) is 17.7 Å². The number of carbonyl (C=O) groups excluding carboxylic acids is 3. The molecule has 0 aromatic carbocycles. The van der Waals surface area contributed by atoms with Crippen LogP contribution in [0, 0.1) is 5.41 Å². The molecule has 3 amide bonds. The minimum atomic E-state index is -2.07. The lowest BCUT2D eigenvalue weighted by atomic mass is 9.94. The molecule has 0 spiro atoms. The molecule has 0 aromatic heterocycles. The Morgan fingerprint density at radius 1 is 1.48 bits per heavy atom. The monoisotopic (exact) mass is 372 g/mol. The number of carboxylic acids is 1. The number of primary amides is 1. The van der Waals surface area contributed by atoms with E-state index in [0.717, 1.165) is 23.6 Å². The van der Waals surface area contributed by atoms with E-state index in [0.29, 0.717) is 4.90 Å². The van der Waals surface area contributed by atoms with Crippen molar-refractivity contribution in [2.45, 2.75) is 18.0 Å². The molecule has 0 aliphatic carbocycles. The van der Waals surface area contributed by atoms with Crippen molar-refractivity contribution in [3.63, 3.8) is 0 Å². The number of urea groups is 1. The van der Waals surface area contributed by atoms with Gasteiger partial charge in [0.05, 0.1) is 0 Å². The van der Waals surface area contributed by atoms with E-state index in [1.54, 1.807) is 0 Å². The third-order valence-corrected chi connectivity index (χ3v) is 5.05. The summed E-state index contributed by atoms with van der Waals surface area (Å²) in [5.41, 5.74) is 14.1. The maximum Gasteiger partial charge on any atom is 0.352 e. The van der Waals surface area contributed by atoms with Crippen molar-refractivity contribution in [2.75, 3.05) is 12.4 Å². The van der Waals surface area contributed by atoms with Crippen LogP contribution in [0.3, 0.4) is 0 Å². The Balaban J connectivity index is 2.41. The van der Waals surface area contributed by atoms with Crippen LogP contribution in [0.4, 0.5) is 4.79 Å². The Labute approximate surface area is 145 Å². The van der Waals surface area contributed by atoms with Gasteiger partial charge in [0.15, 0.2) is 5.96 Å². The highest BCUT2D eigenvalue weighted by Crippen LogP contribution is 2.46. The number of nitrogens with one attached hydrogen (secondary N) is 1. The van der Waals surface area contributed by atoms with E-state index in [2.05, 4.69) is 0 Å². The van der Waals surface area contributed by atoms with Crippen LogP contribution in [-0.4, -0.2) is 68.1 Å². The molecule has 2 atom stereocenters. The quantitative estimate of drug-likeness (QED) is 0.118. The number of nitrogens with zero attached hydrogens (tertiary/aromatic N) is 2. The molecular formula is C12H16N6O6S. The second kappa shape index (κ2) is 6.25. The molecule has 2 aliphatic heterocycles. The molecular weight excluding hydrogens is 356 g/mol. The van der Waals surface area contributed by atoms with E-state index in [1.807, 2.05) is 0 Å². The van der Waals surface area contributed by atoms with Crippen molar-refractivity contribution in [1.29, 1.82) is 5.41 Å². The summed E-state index contributed by atoms with van der Waals surface area (Å²) < 4.78 is 4.80. The Morgan fingerprint density at radius 2 is 2.08 bits per heavy atom. The molecule has 136 valence electrons. The summed E-state index contributed by atoms with van der Waals surface area (Å²) in [6.45, 7) is 0.862. The van der Waals surface area contributed by atoms with Crippen LogP contribution in [-0.2, 0) is 19.1 Å². The lowest BCUT2D eigenvalue weighted by molar-refractivity contribution is -0.161. The van der Waals surface area contributed by atoms with Gasteiger partial charge in [0.2, 0.25) is 5.66 Å². The second-order valence-corrected chi connectivity index (χ2v) is 6.33. The summed E-state index contributed by atoms with van der Waals surface area (Å²) in [6, 6.07) is -1.21. The molecule has 0 bridgehead atoms. The van der Waals surface area contributed by atoms with Crippen molar-refractivity contribution in [2.24, 2.45) is 17.2 Å². The fourth-order valence-electron chi connectivity index (χ4n) is 2.63. The SMILES string of the molecule is CC(=O)OCC1=C(C(=O)O)N2C(=O)[C@@](N)(N(C(=N)N)C(N)=O)[C@H]2SC1. The standard InChI is InChI=1S/C12H16N6O6S/c1-4(19)24-2-5-3-25-9-12(16,18(10(13)14)11(15)23)8(22)17(9)6(5)7(20)21/h9H,2-3,16H2,1H3,(H3,13,14)(H2,15,23)(H,20,21)/t9-,12-/m1/s1. The summed E-state index contributed by atoms with van der Waals surface area (Å²) in [6.07, 6.45) is 0. The number of carboxylic acid groups (broad SMARTS) is 1. The van der Waals surface area contributed by atoms with Crippen LogP contribution < -0.4 is 17.2 Å². The molecule has 1 saturated heterocycles. The number of ether oxygens (including phenoxy) is 1. The lowest BCUT2D eigenvalue weighted by Crippen LogP contribution is -2.86. The van der Waals surface area contributed by atoms with Gasteiger partial charge in [-0.3, -0.25) is 25.6 Å². The molecule has 13 heteroatoms. The smallest absolute Gasteiger partial charge is 0.352 e. The number of aliphatic carboxylic acids is 1. The van der Waals surface area contributed by atoms with Crippen LogP contribution in [0.5, 0.6) is 0 Å². The minimum absolute atomic E-state index is 0.0762. The van der Waals surface area contributed by atoms with Gasteiger partial charge in [-0.25, -0.2) is 14.5 Å². The molecule has 2 aliphatic rings. The summed E-state index contributed by atoms with van der Waals surface area (Å²) >= 11 is 1.03. The fraction of sp³-hybridized carbons (Fsp3) is 0.417. The zero-order chi connectivity index (χ0) is 19.1. The highest BCUT2D eigenvalue weighted by Gasteiger charge is 2.67. The molecule has 2 heterocycles. The normalized spacial score (nSPS) is 25.0. The molecule has 2 rings (SSSR count). The summed E-state index contributed by atoms with van der Waals surface area (Å²) in [7, 11) is 0. The van der Waals surface area contributed by atoms with Crippen LogP contribution in [0.1, 0.15) is 6.92 Å². The number of thioether (sulfide) groups is 1. The average molecular weight is 372 g/mol. The van der Waals surface area contributed by atoms with Crippen molar-refractivity contribution in [1.82, 2.24) is 9.80 Å². The van der Waals surface area contributed by atoms with Gasteiger partial charge in [0, 0.05) is 18.2 Å². The van der Waals surface area contributed by atoms with Crippen LogP contribution in [0.25, 0.3) is 0 Å². The summed E-state index contributed by atoms with van der Waals surface area (Å²) in [5, 5.41) is 15.8. The van der Waals surface area contributed by atoms with Crippen LogP contribution in [0.2, 0.25) is 0 Å². The number of fused-ring (bicyclic) bond motifs is 1. The molecule has 1 fully saturated rings. The zero-order valence-electron chi connectivity index (χ0n) is 13.0. The van der Waals surface area contributed by atoms with Crippen LogP contribution >= 0.6 is 11.8 Å². The lowest BCUT2D eigenvalue weighted by Gasteiger charge is -2.57. The first-order valence-corrected chi connectivity index (χ1v) is 7.84. The first-order valence-electron chi connectivity index (χ1n) is 6.80. The van der Waals surface area contributed by atoms with E-state index >= 15 is 0 Å². The average Bonchev–Trinajstić information content (AvgIpc) is 2.50. The minimum Gasteiger partial charge on any atom is -0.477 e. The van der Waals surface area contributed by atoms with E-state index < -0.39 is 40.9 Å². The Kier molecular flexibility index (Phi) is 4.64. The molecule has 0 radical (unpaired) electrons. The van der Waals surface area contributed by atoms with Gasteiger partial charge >= 0.3 is 18.0 Å². The predicted molar refractivity (Wildman–Crippen MR) is 84.6 cm³/mol. The molecule has 0 aromatic rings. The van der Waals surface area contributed by atoms with Crippen molar-refractivity contribution < 1.29 is 29.0 Å². The number of β-lactam (4-membered cyclic amide) rings is 1. The molecule has 12 nitrogen and oxygen atoms in total. The van der Waals surface area contributed by atoms with E-state index in [4.69, 9.17) is 27.3 Å². The third kappa shape index (κ3) is 2.76. The number of nitrogens with two attached hydrogens (primary N) is 3. The molecule has 25 heavy (non-hydrogen) atoms.